The van der Waals surface area contributed by atoms with E-state index in [0.29, 0.717) is 19.4 Å². The molecule has 0 aliphatic carbocycles. The zero-order valence-electron chi connectivity index (χ0n) is 16.1. The van der Waals surface area contributed by atoms with E-state index in [1.54, 1.807) is 13.8 Å². The van der Waals surface area contributed by atoms with Crippen molar-refractivity contribution in [2.45, 2.75) is 45.5 Å². The number of fused-ring (bicyclic) bond motifs is 1. The molecule has 1 saturated heterocycles. The number of likely N-dealkylation sites (tertiary alicyclic amines) is 1. The molecule has 3 rings (SSSR count). The van der Waals surface area contributed by atoms with Crippen LogP contribution < -0.4 is 5.43 Å². The van der Waals surface area contributed by atoms with Gasteiger partial charge in [-0.15, -0.1) is 0 Å². The summed E-state index contributed by atoms with van der Waals surface area (Å²) in [5.41, 5.74) is -1.59. The molecule has 1 fully saturated rings. The van der Waals surface area contributed by atoms with Crippen LogP contribution in [0.3, 0.4) is 0 Å². The van der Waals surface area contributed by atoms with Crippen LogP contribution in [-0.2, 0) is 22.3 Å². The fraction of sp³-hybridized carbons (Fsp3) is 0.450. The van der Waals surface area contributed by atoms with Gasteiger partial charge >= 0.3 is 12.1 Å². The van der Waals surface area contributed by atoms with Crippen molar-refractivity contribution in [2.75, 3.05) is 13.2 Å². The standard InChI is InChI=1S/C20H21F3N2O4/c1-3-24-11-14(18(27)25-9-5-6-15(25)19(28)29-4-2)17(26)13-8-7-12(10-16(13)24)20(21,22)23/h7-8,10-11,15H,3-6,9H2,1-2H3/t15-/m0/s1. The lowest BCUT2D eigenvalue weighted by molar-refractivity contribution is -0.147. The lowest BCUT2D eigenvalue weighted by Gasteiger charge is -2.23. The molecule has 1 aliphatic heterocycles. The number of nitrogens with zero attached hydrogens (tertiary/aromatic N) is 2. The third-order valence-corrected chi connectivity index (χ3v) is 5.05. The van der Waals surface area contributed by atoms with E-state index in [1.165, 1.54) is 15.7 Å². The molecule has 1 amide bonds. The van der Waals surface area contributed by atoms with Gasteiger partial charge in [-0.3, -0.25) is 9.59 Å². The van der Waals surface area contributed by atoms with Crippen molar-refractivity contribution in [2.24, 2.45) is 0 Å². The number of halogens is 3. The van der Waals surface area contributed by atoms with Crippen LogP contribution in [0, 0.1) is 0 Å². The molecule has 0 radical (unpaired) electrons. The maximum atomic E-state index is 13.1. The molecule has 0 spiro atoms. The normalized spacial score (nSPS) is 17.0. The summed E-state index contributed by atoms with van der Waals surface area (Å²) in [6, 6.07) is 2.07. The van der Waals surface area contributed by atoms with Gasteiger partial charge in [-0.25, -0.2) is 4.79 Å². The monoisotopic (exact) mass is 410 g/mol. The first-order valence-corrected chi connectivity index (χ1v) is 9.41. The Morgan fingerprint density at radius 2 is 1.97 bits per heavy atom. The van der Waals surface area contributed by atoms with Crippen molar-refractivity contribution >= 4 is 22.8 Å². The molecule has 2 aromatic rings. The third kappa shape index (κ3) is 3.86. The second-order valence-electron chi connectivity index (χ2n) is 6.80. The van der Waals surface area contributed by atoms with Crippen LogP contribution in [0.15, 0.2) is 29.2 Å². The van der Waals surface area contributed by atoms with Gasteiger partial charge in [0.2, 0.25) is 5.43 Å². The number of hydrogen-bond acceptors (Lipinski definition) is 4. The van der Waals surface area contributed by atoms with Gasteiger partial charge in [0.15, 0.2) is 0 Å². The number of ether oxygens (including phenoxy) is 1. The first-order valence-electron chi connectivity index (χ1n) is 9.41. The molecular weight excluding hydrogens is 389 g/mol. The van der Waals surface area contributed by atoms with E-state index in [1.807, 2.05) is 0 Å². The number of amides is 1. The lowest BCUT2D eigenvalue weighted by atomic mass is 10.1. The van der Waals surface area contributed by atoms with E-state index < -0.39 is 35.1 Å². The predicted octanol–water partition coefficient (Wildman–Crippen LogP) is 3.21. The fourth-order valence-corrected chi connectivity index (χ4v) is 3.63. The number of aryl methyl sites for hydroxylation is 1. The number of rotatable bonds is 4. The second-order valence-corrected chi connectivity index (χ2v) is 6.80. The van der Waals surface area contributed by atoms with Gasteiger partial charge in [0.25, 0.3) is 5.91 Å². The van der Waals surface area contributed by atoms with Gasteiger partial charge in [-0.1, -0.05) is 0 Å². The number of benzene rings is 1. The molecule has 1 atom stereocenters. The van der Waals surface area contributed by atoms with Crippen LogP contribution in [0.5, 0.6) is 0 Å². The van der Waals surface area contributed by atoms with E-state index in [2.05, 4.69) is 0 Å². The van der Waals surface area contributed by atoms with Gasteiger partial charge in [0.05, 0.1) is 17.7 Å². The highest BCUT2D eigenvalue weighted by atomic mass is 19.4. The molecule has 1 aromatic carbocycles. The van der Waals surface area contributed by atoms with Crippen molar-refractivity contribution in [3.63, 3.8) is 0 Å². The number of carbonyl (C=O) groups excluding carboxylic acids is 2. The summed E-state index contributed by atoms with van der Waals surface area (Å²) < 4.78 is 45.6. The van der Waals surface area contributed by atoms with Crippen molar-refractivity contribution in [3.05, 3.63) is 45.7 Å². The maximum Gasteiger partial charge on any atom is 0.416 e. The number of pyridine rings is 1. The Morgan fingerprint density at radius 3 is 2.59 bits per heavy atom. The molecule has 0 bridgehead atoms. The van der Waals surface area contributed by atoms with Crippen LogP contribution in [-0.4, -0.2) is 40.5 Å². The average Bonchev–Trinajstić information content (AvgIpc) is 3.17. The Balaban J connectivity index is 2.08. The summed E-state index contributed by atoms with van der Waals surface area (Å²) in [7, 11) is 0. The largest absolute Gasteiger partial charge is 0.464 e. The van der Waals surface area contributed by atoms with Crippen molar-refractivity contribution in [1.82, 2.24) is 9.47 Å². The Hall–Kier alpha value is -2.84. The Morgan fingerprint density at radius 1 is 1.24 bits per heavy atom. The Labute approximate surface area is 164 Å². The maximum absolute atomic E-state index is 13.1. The molecule has 6 nitrogen and oxygen atoms in total. The minimum absolute atomic E-state index is 0.0255. The summed E-state index contributed by atoms with van der Waals surface area (Å²) in [6.07, 6.45) is -2.23. The number of hydrogen-bond donors (Lipinski definition) is 0. The Bertz CT molecular complexity index is 1010. The molecular formula is C20H21F3N2O4. The molecule has 1 aromatic heterocycles. The quantitative estimate of drug-likeness (QED) is 0.726. The topological polar surface area (TPSA) is 68.6 Å². The van der Waals surface area contributed by atoms with Gasteiger partial charge in [0.1, 0.15) is 11.6 Å². The van der Waals surface area contributed by atoms with Crippen molar-refractivity contribution in [3.8, 4) is 0 Å². The highest BCUT2D eigenvalue weighted by Crippen LogP contribution is 2.31. The van der Waals surface area contributed by atoms with E-state index in [0.717, 1.165) is 18.2 Å². The van der Waals surface area contributed by atoms with E-state index >= 15 is 0 Å². The molecule has 29 heavy (non-hydrogen) atoms. The van der Waals surface area contributed by atoms with Crippen LogP contribution in [0.1, 0.15) is 42.6 Å². The van der Waals surface area contributed by atoms with Gasteiger partial charge < -0.3 is 14.2 Å². The van der Waals surface area contributed by atoms with Crippen LogP contribution in [0.4, 0.5) is 13.2 Å². The first kappa shape index (κ1) is 20.9. The zero-order valence-corrected chi connectivity index (χ0v) is 16.1. The van der Waals surface area contributed by atoms with Crippen LogP contribution in [0.2, 0.25) is 0 Å². The van der Waals surface area contributed by atoms with Crippen LogP contribution >= 0.6 is 0 Å². The second kappa shape index (κ2) is 7.88. The van der Waals surface area contributed by atoms with Gasteiger partial charge in [-0.05, 0) is 44.9 Å². The van der Waals surface area contributed by atoms with Crippen molar-refractivity contribution < 1.29 is 27.5 Å². The summed E-state index contributed by atoms with van der Waals surface area (Å²) in [4.78, 5) is 39.4. The first-order chi connectivity index (χ1) is 13.7. The fourth-order valence-electron chi connectivity index (χ4n) is 3.63. The predicted molar refractivity (Wildman–Crippen MR) is 99.6 cm³/mol. The van der Waals surface area contributed by atoms with Crippen molar-refractivity contribution in [1.29, 1.82) is 0 Å². The SMILES string of the molecule is CCOC(=O)[C@@H]1CCCN1C(=O)c1cn(CC)c2cc(C(F)(F)F)ccc2c1=O. The van der Waals surface area contributed by atoms with Gasteiger partial charge in [0, 0.05) is 24.7 Å². The number of alkyl halides is 3. The Kier molecular flexibility index (Phi) is 5.68. The summed E-state index contributed by atoms with van der Waals surface area (Å²) in [5.74, 6) is -1.14. The molecule has 9 heteroatoms. The number of aromatic nitrogens is 1. The molecule has 0 saturated carbocycles. The molecule has 0 N–H and O–H groups in total. The highest BCUT2D eigenvalue weighted by molar-refractivity contribution is 5.99. The smallest absolute Gasteiger partial charge is 0.416 e. The molecule has 2 heterocycles. The van der Waals surface area contributed by atoms with E-state index in [-0.39, 0.29) is 29.6 Å². The lowest BCUT2D eigenvalue weighted by Crippen LogP contribution is -2.43. The van der Waals surface area contributed by atoms with E-state index in [9.17, 15) is 27.6 Å². The summed E-state index contributed by atoms with van der Waals surface area (Å²) >= 11 is 0. The summed E-state index contributed by atoms with van der Waals surface area (Å²) in [6.45, 7) is 4.11. The molecule has 1 aliphatic rings. The number of carbonyl (C=O) groups is 2. The van der Waals surface area contributed by atoms with Gasteiger partial charge in [-0.2, -0.15) is 13.2 Å². The van der Waals surface area contributed by atoms with E-state index in [4.69, 9.17) is 4.74 Å². The van der Waals surface area contributed by atoms with Crippen LogP contribution in [0.25, 0.3) is 10.9 Å². The summed E-state index contributed by atoms with van der Waals surface area (Å²) in [5, 5.41) is 0.0255. The highest BCUT2D eigenvalue weighted by Gasteiger charge is 2.37. The molecule has 156 valence electrons. The average molecular weight is 410 g/mol. The minimum atomic E-state index is -4.54. The minimum Gasteiger partial charge on any atom is -0.464 e. The third-order valence-electron chi connectivity index (χ3n) is 5.05. The molecule has 0 unspecified atom stereocenters. The zero-order chi connectivity index (χ0) is 21.3. The number of esters is 1.